The van der Waals surface area contributed by atoms with Crippen molar-refractivity contribution in [3.8, 4) is 11.5 Å². The first-order valence-electron chi connectivity index (χ1n) is 11.5. The lowest BCUT2D eigenvalue weighted by atomic mass is 9.96. The van der Waals surface area contributed by atoms with Crippen LogP contribution in [0.3, 0.4) is 0 Å². The van der Waals surface area contributed by atoms with Gasteiger partial charge in [0, 0.05) is 19.6 Å². The Bertz CT molecular complexity index is 903. The zero-order valence-corrected chi connectivity index (χ0v) is 19.8. The predicted molar refractivity (Wildman–Crippen MR) is 128 cm³/mol. The minimum Gasteiger partial charge on any atom is -0.497 e. The van der Waals surface area contributed by atoms with Crippen molar-refractivity contribution in [2.24, 2.45) is 5.92 Å². The van der Waals surface area contributed by atoms with Gasteiger partial charge in [-0.3, -0.25) is 9.59 Å². The number of hydrogen-bond donors (Lipinski definition) is 1. The summed E-state index contributed by atoms with van der Waals surface area (Å²) in [6.07, 6.45) is 1.93. The van der Waals surface area contributed by atoms with Crippen molar-refractivity contribution in [2.45, 2.75) is 25.3 Å². The molecule has 7 heteroatoms. The van der Waals surface area contributed by atoms with Gasteiger partial charge in [-0.1, -0.05) is 30.3 Å². The summed E-state index contributed by atoms with van der Waals surface area (Å²) in [4.78, 5) is 29.5. The van der Waals surface area contributed by atoms with E-state index in [4.69, 9.17) is 9.47 Å². The minimum absolute atomic E-state index is 0.00258. The molecular formula is C26H35N3O4. The number of para-hydroxylation sites is 1. The predicted octanol–water partition coefficient (Wildman–Crippen LogP) is 3.12. The fourth-order valence-electron chi connectivity index (χ4n) is 4.14. The molecule has 178 valence electrons. The van der Waals surface area contributed by atoms with Crippen LogP contribution in [-0.4, -0.2) is 69.1 Å². The van der Waals surface area contributed by atoms with E-state index in [-0.39, 0.29) is 23.8 Å². The van der Waals surface area contributed by atoms with Gasteiger partial charge in [-0.2, -0.15) is 0 Å². The molecule has 2 aromatic carbocycles. The fraction of sp³-hybridized carbons (Fsp3) is 0.462. The van der Waals surface area contributed by atoms with Gasteiger partial charge >= 0.3 is 0 Å². The van der Waals surface area contributed by atoms with E-state index < -0.39 is 0 Å². The standard InChI is InChI=1S/C26H35N3O4/c1-28(2)24(20-9-7-13-23(17-20)32-3)18-27-26(31)21-10-8-15-29(19-21)25(30)14-16-33-22-11-5-4-6-12-22/h4-7,9,11-13,17,21,24H,8,10,14-16,18-19H2,1-3H3,(H,27,31). The Labute approximate surface area is 196 Å². The maximum absolute atomic E-state index is 12.9. The number of benzene rings is 2. The van der Waals surface area contributed by atoms with Crippen LogP contribution in [0.5, 0.6) is 11.5 Å². The molecule has 2 amide bonds. The number of nitrogens with zero attached hydrogens (tertiary/aromatic N) is 2. The number of hydrogen-bond acceptors (Lipinski definition) is 5. The number of ether oxygens (including phenoxy) is 2. The van der Waals surface area contributed by atoms with Gasteiger partial charge in [-0.05, 0) is 56.8 Å². The topological polar surface area (TPSA) is 71.1 Å². The number of carbonyl (C=O) groups is 2. The van der Waals surface area contributed by atoms with Crippen LogP contribution in [0.2, 0.25) is 0 Å². The fourth-order valence-corrected chi connectivity index (χ4v) is 4.14. The molecule has 0 radical (unpaired) electrons. The van der Waals surface area contributed by atoms with Crippen molar-refractivity contribution in [3.05, 3.63) is 60.2 Å². The largest absolute Gasteiger partial charge is 0.497 e. The number of amides is 2. The van der Waals surface area contributed by atoms with Gasteiger partial charge in [0.2, 0.25) is 11.8 Å². The molecule has 7 nitrogen and oxygen atoms in total. The zero-order chi connectivity index (χ0) is 23.6. The van der Waals surface area contributed by atoms with Gasteiger partial charge < -0.3 is 24.6 Å². The van der Waals surface area contributed by atoms with E-state index in [0.29, 0.717) is 32.7 Å². The summed E-state index contributed by atoms with van der Waals surface area (Å²) in [6, 6.07) is 17.4. The Morgan fingerprint density at radius 2 is 1.88 bits per heavy atom. The molecule has 1 saturated heterocycles. The first-order valence-corrected chi connectivity index (χ1v) is 11.5. The second-order valence-corrected chi connectivity index (χ2v) is 8.59. The van der Waals surface area contributed by atoms with Gasteiger partial charge in [0.25, 0.3) is 0 Å². The zero-order valence-electron chi connectivity index (χ0n) is 19.8. The molecule has 3 rings (SSSR count). The molecule has 2 atom stereocenters. The van der Waals surface area contributed by atoms with Gasteiger partial charge in [0.05, 0.1) is 32.1 Å². The lowest BCUT2D eigenvalue weighted by Gasteiger charge is -2.33. The van der Waals surface area contributed by atoms with E-state index in [1.165, 1.54) is 0 Å². The number of methoxy groups -OCH3 is 1. The Morgan fingerprint density at radius 1 is 1.12 bits per heavy atom. The van der Waals surface area contributed by atoms with Crippen molar-refractivity contribution in [3.63, 3.8) is 0 Å². The van der Waals surface area contributed by atoms with Crippen LogP contribution in [0.4, 0.5) is 0 Å². The number of likely N-dealkylation sites (N-methyl/N-ethyl adjacent to an activating group) is 1. The van der Waals surface area contributed by atoms with Crippen LogP contribution in [0.15, 0.2) is 54.6 Å². The normalized spacial score (nSPS) is 16.8. The van der Waals surface area contributed by atoms with Gasteiger partial charge in [-0.25, -0.2) is 0 Å². The van der Waals surface area contributed by atoms with Gasteiger partial charge in [0.1, 0.15) is 11.5 Å². The van der Waals surface area contributed by atoms with Crippen LogP contribution in [0.1, 0.15) is 30.9 Å². The third kappa shape index (κ3) is 7.22. The molecule has 33 heavy (non-hydrogen) atoms. The van der Waals surface area contributed by atoms with Crippen LogP contribution < -0.4 is 14.8 Å². The summed E-state index contributed by atoms with van der Waals surface area (Å²) >= 11 is 0. The summed E-state index contributed by atoms with van der Waals surface area (Å²) < 4.78 is 11.0. The molecule has 1 aliphatic rings. The van der Waals surface area contributed by atoms with E-state index in [1.54, 1.807) is 12.0 Å². The van der Waals surface area contributed by atoms with Crippen molar-refractivity contribution in [1.82, 2.24) is 15.1 Å². The van der Waals surface area contributed by atoms with Crippen LogP contribution in [-0.2, 0) is 9.59 Å². The Hall–Kier alpha value is -3.06. The summed E-state index contributed by atoms with van der Waals surface area (Å²) in [7, 11) is 5.64. The van der Waals surface area contributed by atoms with Crippen LogP contribution >= 0.6 is 0 Å². The van der Waals surface area contributed by atoms with Gasteiger partial charge in [0.15, 0.2) is 0 Å². The molecule has 1 aliphatic heterocycles. The van der Waals surface area contributed by atoms with E-state index in [2.05, 4.69) is 10.2 Å². The molecular weight excluding hydrogens is 418 g/mol. The number of piperidine rings is 1. The maximum Gasteiger partial charge on any atom is 0.226 e. The third-order valence-corrected chi connectivity index (χ3v) is 6.04. The quantitative estimate of drug-likeness (QED) is 0.599. The molecule has 0 bridgehead atoms. The minimum atomic E-state index is -0.189. The Morgan fingerprint density at radius 3 is 2.61 bits per heavy atom. The van der Waals surface area contributed by atoms with Crippen LogP contribution in [0.25, 0.3) is 0 Å². The second-order valence-electron chi connectivity index (χ2n) is 8.59. The first-order chi connectivity index (χ1) is 16.0. The van der Waals surface area contributed by atoms with E-state index in [1.807, 2.05) is 68.7 Å². The summed E-state index contributed by atoms with van der Waals surface area (Å²) in [5.74, 6) is 1.40. The highest BCUT2D eigenvalue weighted by molar-refractivity contribution is 5.81. The molecule has 0 saturated carbocycles. The first kappa shape index (κ1) is 24.6. The number of likely N-dealkylation sites (tertiary alicyclic amines) is 1. The number of nitrogens with one attached hydrogen (secondary N) is 1. The van der Waals surface area contributed by atoms with E-state index in [9.17, 15) is 9.59 Å². The lowest BCUT2D eigenvalue weighted by Crippen LogP contribution is -2.46. The third-order valence-electron chi connectivity index (χ3n) is 6.04. The molecule has 2 unspecified atom stereocenters. The molecule has 0 spiro atoms. The highest BCUT2D eigenvalue weighted by Crippen LogP contribution is 2.23. The highest BCUT2D eigenvalue weighted by Gasteiger charge is 2.29. The van der Waals surface area contributed by atoms with Crippen LogP contribution in [0, 0.1) is 5.92 Å². The monoisotopic (exact) mass is 453 g/mol. The van der Waals surface area contributed by atoms with Crippen molar-refractivity contribution in [1.29, 1.82) is 0 Å². The highest BCUT2D eigenvalue weighted by atomic mass is 16.5. The average Bonchev–Trinajstić information content (AvgIpc) is 2.84. The summed E-state index contributed by atoms with van der Waals surface area (Å²) in [6.45, 7) is 1.98. The van der Waals surface area contributed by atoms with Crippen molar-refractivity contribution in [2.75, 3.05) is 47.4 Å². The molecule has 0 aliphatic carbocycles. The SMILES string of the molecule is COc1cccc(C(CNC(=O)C2CCCN(C(=O)CCOc3ccccc3)C2)N(C)C)c1. The molecule has 1 heterocycles. The molecule has 2 aromatic rings. The number of rotatable bonds is 10. The number of carbonyl (C=O) groups excluding carboxylic acids is 2. The van der Waals surface area contributed by atoms with Crippen molar-refractivity contribution < 1.29 is 19.1 Å². The molecule has 1 N–H and O–H groups in total. The molecule has 0 aromatic heterocycles. The Balaban J connectivity index is 1.49. The maximum atomic E-state index is 12.9. The van der Waals surface area contributed by atoms with E-state index in [0.717, 1.165) is 29.9 Å². The Kier molecular flexibility index (Phi) is 9.13. The van der Waals surface area contributed by atoms with Gasteiger partial charge in [-0.15, -0.1) is 0 Å². The van der Waals surface area contributed by atoms with E-state index >= 15 is 0 Å². The summed E-state index contributed by atoms with van der Waals surface area (Å²) in [5, 5.41) is 3.11. The second kappa shape index (κ2) is 12.3. The lowest BCUT2D eigenvalue weighted by molar-refractivity contribution is -0.136. The van der Waals surface area contributed by atoms with Crippen molar-refractivity contribution >= 4 is 11.8 Å². The summed E-state index contributed by atoms with van der Waals surface area (Å²) in [5.41, 5.74) is 1.08. The smallest absolute Gasteiger partial charge is 0.226 e. The average molecular weight is 454 g/mol. The molecule has 1 fully saturated rings.